The van der Waals surface area contributed by atoms with Gasteiger partial charge in [0.25, 0.3) is 0 Å². The smallest absolute Gasteiger partial charge is 0.353 e. The van der Waals surface area contributed by atoms with E-state index < -0.39 is 11.9 Å². The molecule has 0 aromatic rings. The second-order valence-corrected chi connectivity index (χ2v) is 3.76. The predicted molar refractivity (Wildman–Crippen MR) is 58.9 cm³/mol. The molecule has 1 aliphatic heterocycles. The molecule has 0 aliphatic carbocycles. The molecule has 0 aromatic heterocycles. The lowest BCUT2D eigenvalue weighted by Gasteiger charge is -2.05. The van der Waals surface area contributed by atoms with Crippen molar-refractivity contribution in [2.24, 2.45) is 0 Å². The van der Waals surface area contributed by atoms with E-state index in [2.05, 4.69) is 4.74 Å². The second kappa shape index (κ2) is 4.65. The first-order valence-corrected chi connectivity index (χ1v) is 5.06. The van der Waals surface area contributed by atoms with Crippen LogP contribution in [0, 0.1) is 0 Å². The molecule has 82 valence electrons. The zero-order valence-corrected chi connectivity index (χ0v) is 10.6. The highest BCUT2D eigenvalue weighted by Gasteiger charge is 2.32. The van der Waals surface area contributed by atoms with Gasteiger partial charge in [0.05, 0.1) is 19.8 Å². The van der Waals surface area contributed by atoms with E-state index in [4.69, 9.17) is 9.47 Å². The van der Waals surface area contributed by atoms with Gasteiger partial charge in [-0.15, -0.1) is 0 Å². The first-order valence-electron chi connectivity index (χ1n) is 3.98. The van der Waals surface area contributed by atoms with Gasteiger partial charge in [0.2, 0.25) is 0 Å². The summed E-state index contributed by atoms with van der Waals surface area (Å²) < 4.78 is 14.7. The molecule has 5 nitrogen and oxygen atoms in total. The number of rotatable bonds is 2. The summed E-state index contributed by atoms with van der Waals surface area (Å²) in [4.78, 5) is 22.4. The predicted octanol–water partition coefficient (Wildman–Crippen LogP) is 1.28. The molecular formula is C9H9IO5. The maximum absolute atomic E-state index is 11.2. The van der Waals surface area contributed by atoms with Crippen LogP contribution < -0.4 is 0 Å². The third-order valence-corrected chi connectivity index (χ3v) is 2.75. The summed E-state index contributed by atoms with van der Waals surface area (Å²) in [5.41, 5.74) is 0.203. The summed E-state index contributed by atoms with van der Waals surface area (Å²) in [6.45, 7) is 1.50. The molecule has 6 heteroatoms. The molecule has 0 bridgehead atoms. The molecule has 15 heavy (non-hydrogen) atoms. The van der Waals surface area contributed by atoms with E-state index in [1.165, 1.54) is 21.1 Å². The number of methoxy groups -OCH3 is 2. The van der Waals surface area contributed by atoms with E-state index in [0.717, 1.165) is 0 Å². The average molecular weight is 324 g/mol. The third-order valence-electron chi connectivity index (χ3n) is 1.82. The van der Waals surface area contributed by atoms with Crippen LogP contribution in [0.1, 0.15) is 6.92 Å². The molecular weight excluding hydrogens is 315 g/mol. The number of carbonyl (C=O) groups is 2. The summed E-state index contributed by atoms with van der Waals surface area (Å²) in [5, 5.41) is 0. The minimum absolute atomic E-state index is 0.124. The lowest BCUT2D eigenvalue weighted by atomic mass is 10.2. The highest BCUT2D eigenvalue weighted by atomic mass is 127. The van der Waals surface area contributed by atoms with Crippen LogP contribution in [0.3, 0.4) is 0 Å². The van der Waals surface area contributed by atoms with Crippen molar-refractivity contribution in [2.45, 2.75) is 6.92 Å². The van der Waals surface area contributed by atoms with Crippen molar-refractivity contribution in [3.05, 3.63) is 20.7 Å². The maximum Gasteiger partial charge on any atom is 0.353 e. The lowest BCUT2D eigenvalue weighted by molar-refractivity contribution is -0.136. The van der Waals surface area contributed by atoms with Crippen LogP contribution in [0.4, 0.5) is 0 Å². The van der Waals surface area contributed by atoms with E-state index in [0.29, 0.717) is 3.58 Å². The zero-order chi connectivity index (χ0) is 11.6. The van der Waals surface area contributed by atoms with Crippen LogP contribution in [0.5, 0.6) is 0 Å². The maximum atomic E-state index is 11.2. The van der Waals surface area contributed by atoms with Crippen molar-refractivity contribution in [1.29, 1.82) is 0 Å². The largest absolute Gasteiger partial charge is 0.492 e. The Hall–Kier alpha value is -1.05. The van der Waals surface area contributed by atoms with Crippen molar-refractivity contribution in [3.8, 4) is 0 Å². The summed E-state index contributed by atoms with van der Waals surface area (Å²) in [6, 6.07) is 0. The Morgan fingerprint density at radius 2 is 2.00 bits per heavy atom. The van der Waals surface area contributed by atoms with Gasteiger partial charge in [-0.05, 0) is 29.5 Å². The van der Waals surface area contributed by atoms with E-state index in [-0.39, 0.29) is 17.1 Å². The van der Waals surface area contributed by atoms with Gasteiger partial charge in [-0.1, -0.05) is 0 Å². The Morgan fingerprint density at radius 3 is 2.47 bits per heavy atom. The molecule has 0 radical (unpaired) electrons. The molecule has 1 aliphatic rings. The Morgan fingerprint density at radius 1 is 1.40 bits per heavy atom. The summed E-state index contributed by atoms with van der Waals surface area (Å²) in [7, 11) is 2.66. The number of esters is 2. The number of ether oxygens (including phenoxy) is 3. The number of hydrogen-bond acceptors (Lipinski definition) is 5. The Bertz CT molecular complexity index is 380. The number of carbonyl (C=O) groups excluding carboxylic acids is 2. The van der Waals surface area contributed by atoms with Crippen LogP contribution in [0.15, 0.2) is 20.7 Å². The average Bonchev–Trinajstić information content (AvgIpc) is 2.53. The van der Waals surface area contributed by atoms with Crippen molar-refractivity contribution in [2.75, 3.05) is 14.2 Å². The molecule has 0 spiro atoms. The van der Waals surface area contributed by atoms with Crippen molar-refractivity contribution >= 4 is 34.5 Å². The first-order chi connectivity index (χ1) is 7.02. The van der Waals surface area contributed by atoms with Gasteiger partial charge in [-0.25, -0.2) is 9.59 Å². The third kappa shape index (κ3) is 2.14. The molecule has 0 atom stereocenters. The van der Waals surface area contributed by atoms with Gasteiger partial charge < -0.3 is 14.2 Å². The van der Waals surface area contributed by atoms with Gasteiger partial charge >= 0.3 is 11.9 Å². The fourth-order valence-electron chi connectivity index (χ4n) is 1.05. The van der Waals surface area contributed by atoms with Crippen LogP contribution in [0.25, 0.3) is 0 Å². The van der Waals surface area contributed by atoms with Crippen LogP contribution in [-0.2, 0) is 23.8 Å². The molecule has 0 saturated heterocycles. The van der Waals surface area contributed by atoms with E-state index in [1.807, 2.05) is 0 Å². The standard InChI is InChI=1S/C9H9IO5/c1-4(8(11)14-3)6-7(13-2)5(10)9(12)15-6/h1-3H3/b6-4+. The zero-order valence-electron chi connectivity index (χ0n) is 8.42. The van der Waals surface area contributed by atoms with Gasteiger partial charge in [-0.3, -0.25) is 0 Å². The number of hydrogen-bond donors (Lipinski definition) is 0. The lowest BCUT2D eigenvalue weighted by Crippen LogP contribution is -2.07. The summed E-state index contributed by atoms with van der Waals surface area (Å²) >= 11 is 1.80. The fourth-order valence-corrected chi connectivity index (χ4v) is 1.63. The Balaban J connectivity index is 3.19. The highest BCUT2D eigenvalue weighted by molar-refractivity contribution is 14.1. The number of cyclic esters (lactones) is 1. The molecule has 0 unspecified atom stereocenters. The van der Waals surface area contributed by atoms with Crippen molar-refractivity contribution in [3.63, 3.8) is 0 Å². The molecule has 0 saturated carbocycles. The van der Waals surface area contributed by atoms with Crippen LogP contribution in [0.2, 0.25) is 0 Å². The van der Waals surface area contributed by atoms with E-state index in [1.54, 1.807) is 22.6 Å². The van der Waals surface area contributed by atoms with Crippen molar-refractivity contribution in [1.82, 2.24) is 0 Å². The van der Waals surface area contributed by atoms with E-state index >= 15 is 0 Å². The number of halogens is 1. The summed E-state index contributed by atoms with van der Waals surface area (Å²) in [6.07, 6.45) is 0. The quantitative estimate of drug-likeness (QED) is 0.435. The molecule has 0 N–H and O–H groups in total. The highest BCUT2D eigenvalue weighted by Crippen LogP contribution is 2.32. The van der Waals surface area contributed by atoms with E-state index in [9.17, 15) is 9.59 Å². The molecule has 1 heterocycles. The van der Waals surface area contributed by atoms with Crippen molar-refractivity contribution < 1.29 is 23.8 Å². The minimum atomic E-state index is -0.557. The van der Waals surface area contributed by atoms with Gasteiger partial charge in [-0.2, -0.15) is 0 Å². The SMILES string of the molecule is COC(=O)/C(C)=C1/OC(=O)C(I)=C1OC. The minimum Gasteiger partial charge on any atom is -0.492 e. The molecule has 1 rings (SSSR count). The van der Waals surface area contributed by atoms with Gasteiger partial charge in [0, 0.05) is 0 Å². The first kappa shape index (κ1) is 12.0. The monoisotopic (exact) mass is 324 g/mol. The topological polar surface area (TPSA) is 61.8 Å². The summed E-state index contributed by atoms with van der Waals surface area (Å²) in [5.74, 6) is -0.689. The van der Waals surface area contributed by atoms with Gasteiger partial charge in [0.1, 0.15) is 3.58 Å². The van der Waals surface area contributed by atoms with Gasteiger partial charge in [0.15, 0.2) is 11.5 Å². The van der Waals surface area contributed by atoms with Crippen LogP contribution in [-0.4, -0.2) is 26.2 Å². The van der Waals surface area contributed by atoms with Crippen LogP contribution >= 0.6 is 22.6 Å². The Kier molecular flexibility index (Phi) is 3.72. The molecule has 0 amide bonds. The molecule has 0 fully saturated rings. The Labute approximate surface area is 100 Å². The second-order valence-electron chi connectivity index (χ2n) is 2.68. The molecule has 0 aromatic carbocycles. The fraction of sp³-hybridized carbons (Fsp3) is 0.333. The normalized spacial score (nSPS) is 18.8.